The van der Waals surface area contributed by atoms with Crippen molar-refractivity contribution in [2.24, 2.45) is 0 Å². The summed E-state index contributed by atoms with van der Waals surface area (Å²) in [6.07, 6.45) is 0.981. The standard InChI is InChI=1S/C18H22FN3O3S/c1-21(16-8-4-3-5-9-16)12-11-20-18(23)14-22(26(2,24)25)17-10-6-7-15(19)13-17/h3-10,13H,11-12,14H2,1-2H3,(H,20,23). The second-order valence-corrected chi connectivity index (χ2v) is 7.76. The van der Waals surface area contributed by atoms with Gasteiger partial charge in [0.1, 0.15) is 12.4 Å². The second kappa shape index (κ2) is 8.66. The van der Waals surface area contributed by atoms with Gasteiger partial charge in [-0.1, -0.05) is 24.3 Å². The first-order chi connectivity index (χ1) is 12.3. The van der Waals surface area contributed by atoms with Crippen molar-refractivity contribution < 1.29 is 17.6 Å². The van der Waals surface area contributed by atoms with Crippen LogP contribution in [0.5, 0.6) is 0 Å². The maximum absolute atomic E-state index is 13.4. The molecule has 0 fully saturated rings. The van der Waals surface area contributed by atoms with E-state index in [9.17, 15) is 17.6 Å². The molecule has 0 aliphatic heterocycles. The van der Waals surface area contributed by atoms with Gasteiger partial charge in [-0.3, -0.25) is 9.10 Å². The van der Waals surface area contributed by atoms with E-state index in [2.05, 4.69) is 5.32 Å². The topological polar surface area (TPSA) is 69.7 Å². The number of likely N-dealkylation sites (N-methyl/N-ethyl adjacent to an activating group) is 1. The quantitative estimate of drug-likeness (QED) is 0.760. The van der Waals surface area contributed by atoms with Crippen LogP contribution in [0.4, 0.5) is 15.8 Å². The molecule has 140 valence electrons. The molecule has 0 aliphatic rings. The van der Waals surface area contributed by atoms with Crippen LogP contribution in [-0.2, 0) is 14.8 Å². The van der Waals surface area contributed by atoms with Gasteiger partial charge in [-0.15, -0.1) is 0 Å². The number of hydrogen-bond acceptors (Lipinski definition) is 4. The molecular formula is C18H22FN3O3S. The number of carbonyl (C=O) groups is 1. The summed E-state index contributed by atoms with van der Waals surface area (Å²) in [5, 5.41) is 2.69. The zero-order valence-electron chi connectivity index (χ0n) is 14.7. The van der Waals surface area contributed by atoms with Gasteiger partial charge in [0.15, 0.2) is 0 Å². The number of para-hydroxylation sites is 1. The van der Waals surface area contributed by atoms with Gasteiger partial charge >= 0.3 is 0 Å². The number of rotatable bonds is 8. The van der Waals surface area contributed by atoms with Crippen LogP contribution in [0.1, 0.15) is 0 Å². The van der Waals surface area contributed by atoms with Gasteiger partial charge in [-0.05, 0) is 30.3 Å². The van der Waals surface area contributed by atoms with Crippen LogP contribution in [0.15, 0.2) is 54.6 Å². The number of carbonyl (C=O) groups excluding carboxylic acids is 1. The fourth-order valence-electron chi connectivity index (χ4n) is 2.39. The predicted octanol–water partition coefficient (Wildman–Crippen LogP) is 1.84. The van der Waals surface area contributed by atoms with Gasteiger partial charge in [-0.2, -0.15) is 0 Å². The van der Waals surface area contributed by atoms with Gasteiger partial charge < -0.3 is 10.2 Å². The van der Waals surface area contributed by atoms with E-state index in [-0.39, 0.29) is 5.69 Å². The first-order valence-electron chi connectivity index (χ1n) is 8.03. The smallest absolute Gasteiger partial charge is 0.240 e. The van der Waals surface area contributed by atoms with E-state index in [1.165, 1.54) is 18.2 Å². The Morgan fingerprint density at radius 1 is 1.08 bits per heavy atom. The molecule has 6 nitrogen and oxygen atoms in total. The third kappa shape index (κ3) is 5.73. The van der Waals surface area contributed by atoms with Gasteiger partial charge in [0.25, 0.3) is 0 Å². The molecule has 0 aliphatic carbocycles. The highest BCUT2D eigenvalue weighted by Crippen LogP contribution is 2.18. The molecule has 1 amide bonds. The van der Waals surface area contributed by atoms with E-state index in [0.29, 0.717) is 13.1 Å². The molecule has 0 saturated carbocycles. The Morgan fingerprint density at radius 2 is 1.73 bits per heavy atom. The van der Waals surface area contributed by atoms with Crippen LogP contribution in [0, 0.1) is 5.82 Å². The van der Waals surface area contributed by atoms with Gasteiger partial charge in [0, 0.05) is 25.8 Å². The number of nitrogens with one attached hydrogen (secondary N) is 1. The van der Waals surface area contributed by atoms with Crippen LogP contribution in [-0.4, -0.2) is 47.3 Å². The summed E-state index contributed by atoms with van der Waals surface area (Å²) in [4.78, 5) is 14.1. The second-order valence-electron chi connectivity index (χ2n) is 5.86. The first-order valence-corrected chi connectivity index (χ1v) is 9.88. The SMILES string of the molecule is CN(CCNC(=O)CN(c1cccc(F)c1)S(C)(=O)=O)c1ccccc1. The number of anilines is 2. The summed E-state index contributed by atoms with van der Waals surface area (Å²) in [5.41, 5.74) is 1.13. The minimum absolute atomic E-state index is 0.115. The summed E-state index contributed by atoms with van der Waals surface area (Å²) < 4.78 is 38.2. The molecule has 2 rings (SSSR count). The van der Waals surface area contributed by atoms with Crippen molar-refractivity contribution in [3.05, 3.63) is 60.4 Å². The Morgan fingerprint density at radius 3 is 2.35 bits per heavy atom. The molecule has 0 aromatic heterocycles. The largest absolute Gasteiger partial charge is 0.373 e. The van der Waals surface area contributed by atoms with Crippen LogP contribution >= 0.6 is 0 Å². The van der Waals surface area contributed by atoms with Crippen LogP contribution in [0.25, 0.3) is 0 Å². The summed E-state index contributed by atoms with van der Waals surface area (Å²) in [6.45, 7) is 0.511. The van der Waals surface area contributed by atoms with Gasteiger partial charge in [0.2, 0.25) is 15.9 Å². The van der Waals surface area contributed by atoms with Crippen LogP contribution < -0.4 is 14.5 Å². The zero-order valence-corrected chi connectivity index (χ0v) is 15.5. The summed E-state index contributed by atoms with van der Waals surface area (Å²) in [6, 6.07) is 14.8. The Labute approximate surface area is 153 Å². The van der Waals surface area contributed by atoms with Crippen molar-refractivity contribution in [1.82, 2.24) is 5.32 Å². The zero-order chi connectivity index (χ0) is 19.2. The Bertz CT molecular complexity index is 844. The monoisotopic (exact) mass is 379 g/mol. The third-order valence-electron chi connectivity index (χ3n) is 3.75. The minimum Gasteiger partial charge on any atom is -0.373 e. The molecule has 1 N–H and O–H groups in total. The summed E-state index contributed by atoms with van der Waals surface area (Å²) >= 11 is 0. The number of amides is 1. The number of sulfonamides is 1. The lowest BCUT2D eigenvalue weighted by Gasteiger charge is -2.23. The first kappa shape index (κ1) is 19.7. The minimum atomic E-state index is -3.72. The lowest BCUT2D eigenvalue weighted by atomic mass is 10.3. The number of hydrogen-bond donors (Lipinski definition) is 1. The Balaban J connectivity index is 1.94. The van der Waals surface area contributed by atoms with Crippen molar-refractivity contribution in [2.45, 2.75) is 0 Å². The molecule has 0 atom stereocenters. The molecule has 0 saturated heterocycles. The third-order valence-corrected chi connectivity index (χ3v) is 4.89. The number of benzene rings is 2. The maximum Gasteiger partial charge on any atom is 0.240 e. The molecule has 26 heavy (non-hydrogen) atoms. The predicted molar refractivity (Wildman–Crippen MR) is 101 cm³/mol. The van der Waals surface area contributed by atoms with E-state index in [1.54, 1.807) is 0 Å². The fraction of sp³-hybridized carbons (Fsp3) is 0.278. The highest BCUT2D eigenvalue weighted by molar-refractivity contribution is 7.92. The molecular weight excluding hydrogens is 357 g/mol. The molecule has 0 radical (unpaired) electrons. The highest BCUT2D eigenvalue weighted by atomic mass is 32.2. The van der Waals surface area contributed by atoms with Gasteiger partial charge in [0.05, 0.1) is 11.9 Å². The average molecular weight is 379 g/mol. The van der Waals surface area contributed by atoms with Crippen molar-refractivity contribution in [3.8, 4) is 0 Å². The normalized spacial score (nSPS) is 11.0. The van der Waals surface area contributed by atoms with Crippen LogP contribution in [0.3, 0.4) is 0 Å². The summed E-state index contributed by atoms with van der Waals surface area (Å²) in [5.74, 6) is -1.03. The van der Waals surface area contributed by atoms with Crippen molar-refractivity contribution in [2.75, 3.05) is 42.1 Å². The molecule has 0 bridgehead atoms. The highest BCUT2D eigenvalue weighted by Gasteiger charge is 2.21. The molecule has 2 aromatic rings. The Hall–Kier alpha value is -2.61. The Kier molecular flexibility index (Phi) is 6.57. The maximum atomic E-state index is 13.4. The fourth-order valence-corrected chi connectivity index (χ4v) is 3.24. The van der Waals surface area contributed by atoms with E-state index >= 15 is 0 Å². The van der Waals surface area contributed by atoms with Gasteiger partial charge in [-0.25, -0.2) is 12.8 Å². The molecule has 0 heterocycles. The van der Waals surface area contributed by atoms with Crippen molar-refractivity contribution in [3.63, 3.8) is 0 Å². The molecule has 0 unspecified atom stereocenters. The lowest BCUT2D eigenvalue weighted by Crippen LogP contribution is -2.42. The van der Waals surface area contributed by atoms with E-state index in [1.807, 2.05) is 42.3 Å². The number of halogens is 1. The van der Waals surface area contributed by atoms with E-state index in [0.717, 1.165) is 22.3 Å². The van der Waals surface area contributed by atoms with Crippen molar-refractivity contribution in [1.29, 1.82) is 0 Å². The van der Waals surface area contributed by atoms with Crippen LogP contribution in [0.2, 0.25) is 0 Å². The number of nitrogens with zero attached hydrogens (tertiary/aromatic N) is 2. The summed E-state index contributed by atoms with van der Waals surface area (Å²) in [7, 11) is -1.82. The lowest BCUT2D eigenvalue weighted by molar-refractivity contribution is -0.119. The molecule has 0 spiro atoms. The molecule has 2 aromatic carbocycles. The average Bonchev–Trinajstić information content (AvgIpc) is 2.59. The van der Waals surface area contributed by atoms with E-state index < -0.39 is 28.3 Å². The van der Waals surface area contributed by atoms with Crippen molar-refractivity contribution >= 4 is 27.3 Å². The molecule has 8 heteroatoms. The van der Waals surface area contributed by atoms with E-state index in [4.69, 9.17) is 0 Å².